The molecule has 1 aliphatic heterocycles. The number of rotatable bonds is 4. The molecule has 4 rings (SSSR count). The van der Waals surface area contributed by atoms with Gasteiger partial charge in [-0.25, -0.2) is 0 Å². The van der Waals surface area contributed by atoms with Crippen molar-refractivity contribution in [1.29, 1.82) is 0 Å². The van der Waals surface area contributed by atoms with Crippen LogP contribution in [0.5, 0.6) is 0 Å². The van der Waals surface area contributed by atoms with Crippen LogP contribution in [-0.2, 0) is 6.54 Å². The molecule has 0 radical (unpaired) electrons. The van der Waals surface area contributed by atoms with E-state index in [-0.39, 0.29) is 0 Å². The van der Waals surface area contributed by atoms with Crippen LogP contribution in [0.25, 0.3) is 11.5 Å². The summed E-state index contributed by atoms with van der Waals surface area (Å²) in [6.45, 7) is 2.73. The van der Waals surface area contributed by atoms with E-state index in [9.17, 15) is 0 Å². The van der Waals surface area contributed by atoms with Crippen molar-refractivity contribution in [2.45, 2.75) is 30.8 Å². The Morgan fingerprint density at radius 2 is 2.22 bits per heavy atom. The highest BCUT2D eigenvalue weighted by atomic mass is 32.2. The molecule has 118 valence electrons. The van der Waals surface area contributed by atoms with E-state index in [4.69, 9.17) is 4.42 Å². The van der Waals surface area contributed by atoms with Gasteiger partial charge in [-0.05, 0) is 42.9 Å². The third-order valence-electron chi connectivity index (χ3n) is 4.20. The molecule has 3 heterocycles. The van der Waals surface area contributed by atoms with E-state index in [0.717, 1.165) is 41.5 Å². The van der Waals surface area contributed by atoms with E-state index in [1.165, 1.54) is 10.5 Å². The predicted octanol–water partition coefficient (Wildman–Crippen LogP) is 4.30. The van der Waals surface area contributed by atoms with Crippen LogP contribution in [0.3, 0.4) is 0 Å². The van der Waals surface area contributed by atoms with Crippen LogP contribution in [-0.4, -0.2) is 16.0 Å². The largest absolute Gasteiger partial charge is 0.460 e. The van der Waals surface area contributed by atoms with E-state index in [2.05, 4.69) is 39.8 Å². The van der Waals surface area contributed by atoms with E-state index >= 15 is 0 Å². The van der Waals surface area contributed by atoms with Gasteiger partial charge in [0.1, 0.15) is 11.5 Å². The molecule has 1 unspecified atom stereocenters. The maximum absolute atomic E-state index is 5.71. The highest BCUT2D eigenvalue weighted by Crippen LogP contribution is 2.36. The number of furan rings is 1. The molecule has 1 aliphatic rings. The Hall–Kier alpha value is -1.98. The Labute approximate surface area is 139 Å². The Bertz CT molecular complexity index is 808. The molecule has 23 heavy (non-hydrogen) atoms. The Balaban J connectivity index is 1.52. The lowest BCUT2D eigenvalue weighted by Crippen LogP contribution is -2.24. The monoisotopic (exact) mass is 325 g/mol. The fraction of sp³-hybridized carbons (Fsp3) is 0.278. The molecule has 0 aliphatic carbocycles. The number of aromatic nitrogens is 2. The number of aromatic amines is 1. The summed E-state index contributed by atoms with van der Waals surface area (Å²) in [6.07, 6.45) is 3.03. The van der Waals surface area contributed by atoms with Crippen LogP contribution in [0.15, 0.2) is 51.9 Å². The molecule has 0 spiro atoms. The Morgan fingerprint density at radius 3 is 3.09 bits per heavy atom. The second-order valence-electron chi connectivity index (χ2n) is 5.79. The molecule has 0 saturated carbocycles. The summed E-state index contributed by atoms with van der Waals surface area (Å²) in [7, 11) is 0. The van der Waals surface area contributed by atoms with Crippen LogP contribution < -0.4 is 5.32 Å². The van der Waals surface area contributed by atoms with Gasteiger partial charge in [-0.1, -0.05) is 18.2 Å². The van der Waals surface area contributed by atoms with Gasteiger partial charge in [0, 0.05) is 23.0 Å². The Kier molecular flexibility index (Phi) is 3.97. The number of thioether (sulfide) groups is 1. The average Bonchev–Trinajstić information content (AvgIpc) is 3.21. The van der Waals surface area contributed by atoms with E-state index < -0.39 is 0 Å². The molecule has 0 bridgehead atoms. The van der Waals surface area contributed by atoms with Gasteiger partial charge in [0.25, 0.3) is 0 Å². The molecule has 3 aromatic rings. The summed E-state index contributed by atoms with van der Waals surface area (Å²) in [6, 6.07) is 13.0. The summed E-state index contributed by atoms with van der Waals surface area (Å²) in [5.41, 5.74) is 3.50. The lowest BCUT2D eigenvalue weighted by Gasteiger charge is -2.26. The molecule has 1 aromatic carbocycles. The maximum Gasteiger partial charge on any atom is 0.152 e. The molecule has 0 fully saturated rings. The molecular formula is C18H19N3OS. The number of nitrogens with zero attached hydrogens (tertiary/aromatic N) is 1. The quantitative estimate of drug-likeness (QED) is 0.751. The van der Waals surface area contributed by atoms with Gasteiger partial charge in [0.15, 0.2) is 5.76 Å². The van der Waals surface area contributed by atoms with Crippen molar-refractivity contribution in [1.82, 2.24) is 15.5 Å². The first kappa shape index (κ1) is 14.6. The van der Waals surface area contributed by atoms with Crippen molar-refractivity contribution in [2.75, 3.05) is 5.75 Å². The number of fused-ring (bicyclic) bond motifs is 1. The third kappa shape index (κ3) is 2.94. The second kappa shape index (κ2) is 6.26. The van der Waals surface area contributed by atoms with Gasteiger partial charge in [0.2, 0.25) is 0 Å². The van der Waals surface area contributed by atoms with Crippen molar-refractivity contribution in [3.63, 3.8) is 0 Å². The lowest BCUT2D eigenvalue weighted by atomic mass is 10.0. The van der Waals surface area contributed by atoms with Crippen molar-refractivity contribution in [2.24, 2.45) is 0 Å². The minimum atomic E-state index is 0.397. The number of benzene rings is 1. The minimum absolute atomic E-state index is 0.397. The summed E-state index contributed by atoms with van der Waals surface area (Å²) < 4.78 is 5.71. The van der Waals surface area contributed by atoms with Crippen molar-refractivity contribution in [3.05, 3.63) is 59.5 Å². The van der Waals surface area contributed by atoms with Crippen LogP contribution in [0, 0.1) is 6.92 Å². The molecule has 2 aromatic heterocycles. The van der Waals surface area contributed by atoms with Gasteiger partial charge in [-0.2, -0.15) is 5.10 Å². The minimum Gasteiger partial charge on any atom is -0.460 e. The lowest BCUT2D eigenvalue weighted by molar-refractivity contribution is 0.508. The van der Waals surface area contributed by atoms with Gasteiger partial charge in [-0.15, -0.1) is 11.8 Å². The number of hydrogen-bond acceptors (Lipinski definition) is 4. The molecule has 1 atom stereocenters. The summed E-state index contributed by atoms with van der Waals surface area (Å²) in [4.78, 5) is 1.39. The predicted molar refractivity (Wildman–Crippen MR) is 92.4 cm³/mol. The summed E-state index contributed by atoms with van der Waals surface area (Å²) >= 11 is 1.95. The molecule has 4 nitrogen and oxygen atoms in total. The summed E-state index contributed by atoms with van der Waals surface area (Å²) in [5, 5.41) is 10.9. The van der Waals surface area contributed by atoms with Crippen LogP contribution in [0.2, 0.25) is 0 Å². The standard InChI is InChI=1S/C18H19N3OS/c1-12-6-7-16(22-12)18-13(11-20-21-18)10-19-15-8-9-23-17-5-3-2-4-14(15)17/h2-7,11,15,19H,8-10H2,1H3,(H,20,21). The maximum atomic E-state index is 5.71. The first-order valence-electron chi connectivity index (χ1n) is 7.85. The van der Waals surface area contributed by atoms with Crippen LogP contribution >= 0.6 is 11.8 Å². The van der Waals surface area contributed by atoms with Gasteiger partial charge in [0.05, 0.1) is 6.20 Å². The first-order chi connectivity index (χ1) is 11.3. The smallest absolute Gasteiger partial charge is 0.152 e. The molecule has 5 heteroatoms. The Morgan fingerprint density at radius 1 is 1.30 bits per heavy atom. The molecule has 2 N–H and O–H groups in total. The number of hydrogen-bond donors (Lipinski definition) is 2. The number of H-pyrrole nitrogens is 1. The van der Waals surface area contributed by atoms with Gasteiger partial charge >= 0.3 is 0 Å². The normalized spacial score (nSPS) is 17.2. The highest BCUT2D eigenvalue weighted by Gasteiger charge is 2.20. The fourth-order valence-electron chi connectivity index (χ4n) is 3.01. The topological polar surface area (TPSA) is 53.9 Å². The van der Waals surface area contributed by atoms with Crippen molar-refractivity contribution >= 4 is 11.8 Å². The fourth-order valence-corrected chi connectivity index (χ4v) is 4.14. The SMILES string of the molecule is Cc1ccc(-c2[nH]ncc2CNC2CCSc3ccccc32)o1. The first-order valence-corrected chi connectivity index (χ1v) is 8.84. The van der Waals surface area contributed by atoms with Crippen molar-refractivity contribution < 1.29 is 4.42 Å². The zero-order valence-electron chi connectivity index (χ0n) is 13.0. The molecule has 0 amide bonds. The zero-order valence-corrected chi connectivity index (χ0v) is 13.8. The summed E-state index contributed by atoms with van der Waals surface area (Å²) in [5.74, 6) is 2.91. The molecule has 0 saturated heterocycles. The van der Waals surface area contributed by atoms with E-state index in [0.29, 0.717) is 6.04 Å². The number of aryl methyl sites for hydroxylation is 1. The third-order valence-corrected chi connectivity index (χ3v) is 5.32. The molecular weight excluding hydrogens is 306 g/mol. The second-order valence-corrected chi connectivity index (χ2v) is 6.93. The van der Waals surface area contributed by atoms with Crippen LogP contribution in [0.4, 0.5) is 0 Å². The average molecular weight is 325 g/mol. The van der Waals surface area contributed by atoms with Gasteiger partial charge in [-0.3, -0.25) is 5.10 Å². The highest BCUT2D eigenvalue weighted by molar-refractivity contribution is 7.99. The zero-order chi connectivity index (χ0) is 15.6. The van der Waals surface area contributed by atoms with Crippen LogP contribution in [0.1, 0.15) is 29.3 Å². The van der Waals surface area contributed by atoms with E-state index in [1.807, 2.05) is 37.0 Å². The van der Waals surface area contributed by atoms with Gasteiger partial charge < -0.3 is 9.73 Å². The van der Waals surface area contributed by atoms with E-state index in [1.54, 1.807) is 0 Å². The van der Waals surface area contributed by atoms with Crippen molar-refractivity contribution in [3.8, 4) is 11.5 Å². The number of nitrogens with one attached hydrogen (secondary N) is 2.